The molecule has 1 fully saturated rings. The lowest BCUT2D eigenvalue weighted by Gasteiger charge is -2.15. The molecule has 1 aromatic rings. The Labute approximate surface area is 100 Å². The molecule has 1 aliphatic heterocycles. The van der Waals surface area contributed by atoms with Gasteiger partial charge in [-0.05, 0) is 32.1 Å². The normalized spacial score (nSPS) is 22.4. The lowest BCUT2D eigenvalue weighted by atomic mass is 10.1. The number of hydrogen-bond donors (Lipinski definition) is 2. The zero-order valence-corrected chi connectivity index (χ0v) is 10.2. The summed E-state index contributed by atoms with van der Waals surface area (Å²) in [5.41, 5.74) is 4.71. The molecule has 0 amide bonds. The monoisotopic (exact) mass is 241 g/mol. The van der Waals surface area contributed by atoms with E-state index in [1.54, 1.807) is 11.3 Å². The van der Waals surface area contributed by atoms with Crippen LogP contribution in [0.2, 0.25) is 0 Å². The van der Waals surface area contributed by atoms with Gasteiger partial charge in [-0.1, -0.05) is 0 Å². The maximum Gasteiger partial charge on any atom is 0.0794 e. The maximum absolute atomic E-state index is 5.60. The standard InChI is InChI=1S/C11H19N3OS/c12-14-10(11-7-13-8-16-11)5-1-3-9-4-2-6-15-9/h7-10,14H,1-6,12H2. The number of thiazole rings is 1. The van der Waals surface area contributed by atoms with Gasteiger partial charge < -0.3 is 4.74 Å². The van der Waals surface area contributed by atoms with Gasteiger partial charge in [-0.15, -0.1) is 11.3 Å². The molecule has 0 radical (unpaired) electrons. The van der Waals surface area contributed by atoms with Crippen LogP contribution in [0.5, 0.6) is 0 Å². The molecule has 4 nitrogen and oxygen atoms in total. The number of hydrazine groups is 1. The molecule has 0 saturated carbocycles. The summed E-state index contributed by atoms with van der Waals surface area (Å²) in [4.78, 5) is 5.29. The Bertz CT molecular complexity index is 285. The van der Waals surface area contributed by atoms with Crippen molar-refractivity contribution in [2.24, 2.45) is 5.84 Å². The zero-order chi connectivity index (χ0) is 11.2. The number of rotatable bonds is 6. The molecule has 2 rings (SSSR count). The van der Waals surface area contributed by atoms with Crippen LogP contribution in [0.1, 0.15) is 43.0 Å². The second kappa shape index (κ2) is 6.30. The quantitative estimate of drug-likeness (QED) is 0.591. The summed E-state index contributed by atoms with van der Waals surface area (Å²) >= 11 is 1.65. The predicted molar refractivity (Wildman–Crippen MR) is 65.0 cm³/mol. The van der Waals surface area contributed by atoms with Crippen LogP contribution >= 0.6 is 11.3 Å². The molecule has 90 valence electrons. The molecule has 1 aliphatic rings. The fourth-order valence-electron chi connectivity index (χ4n) is 2.13. The van der Waals surface area contributed by atoms with Gasteiger partial charge >= 0.3 is 0 Å². The summed E-state index contributed by atoms with van der Waals surface area (Å²) in [7, 11) is 0. The van der Waals surface area contributed by atoms with Gasteiger partial charge in [0, 0.05) is 17.7 Å². The fraction of sp³-hybridized carbons (Fsp3) is 0.727. The van der Waals surface area contributed by atoms with Crippen molar-refractivity contribution in [1.82, 2.24) is 10.4 Å². The Balaban J connectivity index is 1.71. The van der Waals surface area contributed by atoms with Crippen LogP contribution in [0.4, 0.5) is 0 Å². The highest BCUT2D eigenvalue weighted by Gasteiger charge is 2.16. The van der Waals surface area contributed by atoms with Crippen LogP contribution < -0.4 is 11.3 Å². The third-order valence-corrected chi connectivity index (χ3v) is 3.93. The molecule has 0 bridgehead atoms. The van der Waals surface area contributed by atoms with Crippen molar-refractivity contribution >= 4 is 11.3 Å². The molecular formula is C11H19N3OS. The van der Waals surface area contributed by atoms with Gasteiger partial charge in [0.15, 0.2) is 0 Å². The first-order valence-electron chi connectivity index (χ1n) is 5.86. The van der Waals surface area contributed by atoms with E-state index in [-0.39, 0.29) is 6.04 Å². The van der Waals surface area contributed by atoms with E-state index in [0.717, 1.165) is 25.9 Å². The van der Waals surface area contributed by atoms with Crippen LogP contribution in [0.3, 0.4) is 0 Å². The zero-order valence-electron chi connectivity index (χ0n) is 9.39. The minimum absolute atomic E-state index is 0.244. The Morgan fingerprint density at radius 1 is 1.69 bits per heavy atom. The van der Waals surface area contributed by atoms with Crippen LogP contribution in [0.25, 0.3) is 0 Å². The summed E-state index contributed by atoms with van der Waals surface area (Å²) in [5, 5.41) is 0. The summed E-state index contributed by atoms with van der Waals surface area (Å²) < 4.78 is 5.60. The summed E-state index contributed by atoms with van der Waals surface area (Å²) in [6, 6.07) is 0.244. The van der Waals surface area contributed by atoms with Crippen molar-refractivity contribution in [3.63, 3.8) is 0 Å². The average molecular weight is 241 g/mol. The van der Waals surface area contributed by atoms with Crippen LogP contribution in [0, 0.1) is 0 Å². The minimum atomic E-state index is 0.244. The second-order valence-electron chi connectivity index (χ2n) is 4.19. The molecule has 16 heavy (non-hydrogen) atoms. The third-order valence-electron chi connectivity index (χ3n) is 3.04. The molecule has 5 heteroatoms. The molecule has 3 N–H and O–H groups in total. The molecule has 0 aromatic carbocycles. The molecule has 1 aromatic heterocycles. The number of hydrogen-bond acceptors (Lipinski definition) is 5. The summed E-state index contributed by atoms with van der Waals surface area (Å²) in [5.74, 6) is 5.56. The molecule has 2 heterocycles. The van der Waals surface area contributed by atoms with Crippen molar-refractivity contribution in [3.8, 4) is 0 Å². The van der Waals surface area contributed by atoms with Crippen molar-refractivity contribution in [2.75, 3.05) is 6.61 Å². The van der Waals surface area contributed by atoms with Crippen molar-refractivity contribution in [1.29, 1.82) is 0 Å². The Morgan fingerprint density at radius 3 is 3.25 bits per heavy atom. The van der Waals surface area contributed by atoms with Crippen LogP contribution in [0.15, 0.2) is 11.7 Å². The van der Waals surface area contributed by atoms with Crippen LogP contribution in [-0.4, -0.2) is 17.7 Å². The first-order valence-corrected chi connectivity index (χ1v) is 6.74. The average Bonchev–Trinajstić information content (AvgIpc) is 2.96. The third kappa shape index (κ3) is 3.25. The highest BCUT2D eigenvalue weighted by Crippen LogP contribution is 2.24. The predicted octanol–water partition coefficient (Wildman–Crippen LogP) is 2.00. The van der Waals surface area contributed by atoms with Crippen molar-refractivity contribution in [3.05, 3.63) is 16.6 Å². The summed E-state index contributed by atoms with van der Waals surface area (Å²) in [6.07, 6.45) is 8.17. The number of ether oxygens (including phenoxy) is 1. The van der Waals surface area contributed by atoms with Crippen molar-refractivity contribution in [2.45, 2.75) is 44.2 Å². The van der Waals surface area contributed by atoms with Gasteiger partial charge in [-0.3, -0.25) is 16.3 Å². The largest absolute Gasteiger partial charge is 0.378 e. The topological polar surface area (TPSA) is 60.2 Å². The maximum atomic E-state index is 5.60. The minimum Gasteiger partial charge on any atom is -0.378 e. The van der Waals surface area contributed by atoms with Gasteiger partial charge in [-0.2, -0.15) is 0 Å². The first-order chi connectivity index (χ1) is 7.90. The van der Waals surface area contributed by atoms with Crippen molar-refractivity contribution < 1.29 is 4.74 Å². The number of nitrogens with one attached hydrogen (secondary N) is 1. The van der Waals surface area contributed by atoms with E-state index in [0.29, 0.717) is 6.10 Å². The van der Waals surface area contributed by atoms with Gasteiger partial charge in [0.05, 0.1) is 17.7 Å². The SMILES string of the molecule is NNC(CCCC1CCCO1)c1cncs1. The first kappa shape index (κ1) is 12.0. The van der Waals surface area contributed by atoms with E-state index in [1.807, 2.05) is 11.7 Å². The molecule has 1 saturated heterocycles. The van der Waals surface area contributed by atoms with E-state index in [4.69, 9.17) is 10.6 Å². The smallest absolute Gasteiger partial charge is 0.0794 e. The second-order valence-corrected chi connectivity index (χ2v) is 5.11. The Kier molecular flexibility index (Phi) is 4.71. The van der Waals surface area contributed by atoms with Gasteiger partial charge in [-0.25, -0.2) is 0 Å². The van der Waals surface area contributed by atoms with E-state index >= 15 is 0 Å². The molecule has 0 aliphatic carbocycles. The molecule has 0 spiro atoms. The van der Waals surface area contributed by atoms with Gasteiger partial charge in [0.2, 0.25) is 0 Å². The van der Waals surface area contributed by atoms with E-state index < -0.39 is 0 Å². The highest BCUT2D eigenvalue weighted by atomic mass is 32.1. The number of nitrogens with two attached hydrogens (primary N) is 1. The van der Waals surface area contributed by atoms with Gasteiger partial charge in [0.1, 0.15) is 0 Å². The molecule has 2 unspecified atom stereocenters. The van der Waals surface area contributed by atoms with E-state index in [1.165, 1.54) is 17.7 Å². The van der Waals surface area contributed by atoms with E-state index in [9.17, 15) is 0 Å². The number of aromatic nitrogens is 1. The Morgan fingerprint density at radius 2 is 2.62 bits per heavy atom. The highest BCUT2D eigenvalue weighted by molar-refractivity contribution is 7.09. The Hall–Kier alpha value is -0.490. The molecular weight excluding hydrogens is 222 g/mol. The van der Waals surface area contributed by atoms with Crippen LogP contribution in [-0.2, 0) is 4.74 Å². The van der Waals surface area contributed by atoms with E-state index in [2.05, 4.69) is 10.4 Å². The van der Waals surface area contributed by atoms with Gasteiger partial charge in [0.25, 0.3) is 0 Å². The number of nitrogens with zero attached hydrogens (tertiary/aromatic N) is 1. The lowest BCUT2D eigenvalue weighted by Crippen LogP contribution is -2.27. The fourth-order valence-corrected chi connectivity index (χ4v) is 2.84. The summed E-state index contributed by atoms with van der Waals surface area (Å²) in [6.45, 7) is 0.943. The molecule has 2 atom stereocenters. The lowest BCUT2D eigenvalue weighted by molar-refractivity contribution is 0.101.